The maximum Gasteiger partial charge on any atom is 0.243 e. The van der Waals surface area contributed by atoms with Crippen molar-refractivity contribution in [1.82, 2.24) is 9.62 Å². The summed E-state index contributed by atoms with van der Waals surface area (Å²) >= 11 is 0. The second-order valence-corrected chi connectivity index (χ2v) is 9.45. The van der Waals surface area contributed by atoms with E-state index in [2.05, 4.69) is 5.32 Å². The van der Waals surface area contributed by atoms with Crippen LogP contribution in [0.3, 0.4) is 0 Å². The van der Waals surface area contributed by atoms with E-state index in [1.165, 1.54) is 22.2 Å². The van der Waals surface area contributed by atoms with Gasteiger partial charge in [-0.15, -0.1) is 0 Å². The Morgan fingerprint density at radius 3 is 2.39 bits per heavy atom. The van der Waals surface area contributed by atoms with Crippen LogP contribution in [0.5, 0.6) is 0 Å². The molecule has 1 aliphatic rings. The fraction of sp³-hybridized carbons (Fsp3) is 0.391. The van der Waals surface area contributed by atoms with Gasteiger partial charge in [0.2, 0.25) is 21.8 Å². The van der Waals surface area contributed by atoms with Crippen molar-refractivity contribution in [1.29, 1.82) is 0 Å². The van der Waals surface area contributed by atoms with E-state index in [4.69, 9.17) is 0 Å². The minimum absolute atomic E-state index is 0.184. The smallest absolute Gasteiger partial charge is 0.243 e. The zero-order chi connectivity index (χ0) is 22.6. The molecule has 1 atom stereocenters. The van der Waals surface area contributed by atoms with Crippen LogP contribution in [0.1, 0.15) is 31.9 Å². The number of hydrogen-bond acceptors (Lipinski definition) is 4. The number of carbonyl (C=O) groups is 2. The summed E-state index contributed by atoms with van der Waals surface area (Å²) in [5, 5.41) is 2.91. The number of amides is 2. The lowest BCUT2D eigenvalue weighted by Gasteiger charge is -2.23. The van der Waals surface area contributed by atoms with Gasteiger partial charge in [-0.1, -0.05) is 44.2 Å². The summed E-state index contributed by atoms with van der Waals surface area (Å²) in [4.78, 5) is 26.8. The standard InChI is InChI=1S/C23H29N3O4S/c1-4-25(5-2)31(29,30)20-11-12-21-19(15-20)16-22(26(21)17(3)27)23(28)24-14-13-18-9-7-6-8-10-18/h6-12,15,22H,4-5,13-14,16H2,1-3H3,(H,24,28). The van der Waals surface area contributed by atoms with Gasteiger partial charge in [0.05, 0.1) is 4.90 Å². The summed E-state index contributed by atoms with van der Waals surface area (Å²) in [6, 6.07) is 13.9. The molecule has 0 aliphatic carbocycles. The van der Waals surface area contributed by atoms with Gasteiger partial charge in [-0.05, 0) is 35.7 Å². The Bertz CT molecular complexity index is 1050. The van der Waals surface area contributed by atoms with Crippen molar-refractivity contribution in [3.8, 4) is 0 Å². The van der Waals surface area contributed by atoms with Crippen molar-refractivity contribution in [3.63, 3.8) is 0 Å². The molecule has 1 N–H and O–H groups in total. The van der Waals surface area contributed by atoms with Crippen molar-refractivity contribution in [2.45, 2.75) is 44.6 Å². The van der Waals surface area contributed by atoms with Gasteiger partial charge in [0.25, 0.3) is 0 Å². The minimum Gasteiger partial charge on any atom is -0.354 e. The zero-order valence-electron chi connectivity index (χ0n) is 18.2. The third-order valence-electron chi connectivity index (χ3n) is 5.58. The van der Waals surface area contributed by atoms with E-state index in [9.17, 15) is 18.0 Å². The molecule has 0 saturated carbocycles. The molecule has 2 aromatic carbocycles. The van der Waals surface area contributed by atoms with Crippen LogP contribution in [0.25, 0.3) is 0 Å². The molecule has 0 saturated heterocycles. The Morgan fingerprint density at radius 1 is 1.10 bits per heavy atom. The van der Waals surface area contributed by atoms with Crippen molar-refractivity contribution in [2.75, 3.05) is 24.5 Å². The van der Waals surface area contributed by atoms with E-state index in [-0.39, 0.29) is 23.1 Å². The molecule has 31 heavy (non-hydrogen) atoms. The Labute approximate surface area is 184 Å². The fourth-order valence-corrected chi connectivity index (χ4v) is 5.50. The van der Waals surface area contributed by atoms with Gasteiger partial charge in [0.15, 0.2) is 0 Å². The Morgan fingerprint density at radius 2 is 1.77 bits per heavy atom. The summed E-state index contributed by atoms with van der Waals surface area (Å²) < 4.78 is 27.1. The number of fused-ring (bicyclic) bond motifs is 1. The van der Waals surface area contributed by atoms with Crippen LogP contribution in [0.2, 0.25) is 0 Å². The largest absolute Gasteiger partial charge is 0.354 e. The van der Waals surface area contributed by atoms with Crippen LogP contribution in [0.15, 0.2) is 53.4 Å². The van der Waals surface area contributed by atoms with Crippen LogP contribution in [0.4, 0.5) is 5.69 Å². The lowest BCUT2D eigenvalue weighted by molar-refractivity contribution is -0.125. The van der Waals surface area contributed by atoms with E-state index in [0.29, 0.717) is 37.3 Å². The van der Waals surface area contributed by atoms with Crippen LogP contribution in [0, 0.1) is 0 Å². The highest BCUT2D eigenvalue weighted by Gasteiger charge is 2.37. The van der Waals surface area contributed by atoms with Gasteiger partial charge < -0.3 is 5.32 Å². The maximum atomic E-state index is 12.9. The molecule has 0 fully saturated rings. The van der Waals surface area contributed by atoms with E-state index >= 15 is 0 Å². The van der Waals surface area contributed by atoms with E-state index in [1.54, 1.807) is 26.0 Å². The van der Waals surface area contributed by atoms with Gasteiger partial charge in [0.1, 0.15) is 6.04 Å². The Balaban J connectivity index is 1.78. The van der Waals surface area contributed by atoms with E-state index in [1.807, 2.05) is 30.3 Å². The average Bonchev–Trinajstić information content (AvgIpc) is 3.14. The molecule has 3 rings (SSSR count). The molecule has 1 aliphatic heterocycles. The van der Waals surface area contributed by atoms with Crippen LogP contribution in [-0.2, 0) is 32.5 Å². The summed E-state index contributed by atoms with van der Waals surface area (Å²) in [6.45, 7) is 6.22. The SMILES string of the molecule is CCN(CC)S(=O)(=O)c1ccc2c(c1)CC(C(=O)NCCc1ccccc1)N2C(C)=O. The number of benzene rings is 2. The number of hydrogen-bond donors (Lipinski definition) is 1. The molecule has 7 nitrogen and oxygen atoms in total. The molecule has 8 heteroatoms. The minimum atomic E-state index is -3.61. The Hall–Kier alpha value is -2.71. The third kappa shape index (κ3) is 4.80. The summed E-state index contributed by atoms with van der Waals surface area (Å²) in [5.74, 6) is -0.489. The molecule has 0 spiro atoms. The zero-order valence-corrected chi connectivity index (χ0v) is 19.0. The first kappa shape index (κ1) is 23.0. The maximum absolute atomic E-state index is 12.9. The van der Waals surface area contributed by atoms with E-state index in [0.717, 1.165) is 5.56 Å². The number of nitrogens with zero attached hydrogens (tertiary/aromatic N) is 2. The van der Waals surface area contributed by atoms with Gasteiger partial charge in [-0.2, -0.15) is 4.31 Å². The van der Waals surface area contributed by atoms with Crippen molar-refractivity contribution < 1.29 is 18.0 Å². The monoisotopic (exact) mass is 443 g/mol. The summed E-state index contributed by atoms with van der Waals surface area (Å²) in [6.07, 6.45) is 0.978. The quantitative estimate of drug-likeness (QED) is 0.679. The van der Waals surface area contributed by atoms with Gasteiger partial charge in [-0.25, -0.2) is 8.42 Å². The van der Waals surface area contributed by atoms with Crippen LogP contribution >= 0.6 is 0 Å². The average molecular weight is 444 g/mol. The van der Waals surface area contributed by atoms with Gasteiger partial charge in [0, 0.05) is 38.7 Å². The molecule has 166 valence electrons. The molecule has 0 radical (unpaired) electrons. The molecule has 2 amide bonds. The highest BCUT2D eigenvalue weighted by Crippen LogP contribution is 2.34. The molecule has 0 aromatic heterocycles. The second kappa shape index (κ2) is 9.62. The molecule has 0 bridgehead atoms. The number of carbonyl (C=O) groups excluding carboxylic acids is 2. The van der Waals surface area contributed by atoms with Crippen LogP contribution in [-0.4, -0.2) is 50.2 Å². The number of sulfonamides is 1. The number of rotatable bonds is 8. The lowest BCUT2D eigenvalue weighted by Crippen LogP contribution is -2.47. The highest BCUT2D eigenvalue weighted by atomic mass is 32.2. The topological polar surface area (TPSA) is 86.8 Å². The number of anilines is 1. The second-order valence-electron chi connectivity index (χ2n) is 7.52. The first-order valence-electron chi connectivity index (χ1n) is 10.5. The number of nitrogens with one attached hydrogen (secondary N) is 1. The molecule has 1 unspecified atom stereocenters. The first-order chi connectivity index (χ1) is 14.8. The van der Waals surface area contributed by atoms with Gasteiger partial charge in [-0.3, -0.25) is 14.5 Å². The normalized spacial score (nSPS) is 15.7. The predicted molar refractivity (Wildman–Crippen MR) is 120 cm³/mol. The molecule has 2 aromatic rings. The third-order valence-corrected chi connectivity index (χ3v) is 7.62. The van der Waals surface area contributed by atoms with E-state index < -0.39 is 16.1 Å². The van der Waals surface area contributed by atoms with Crippen molar-refractivity contribution in [3.05, 3.63) is 59.7 Å². The highest BCUT2D eigenvalue weighted by molar-refractivity contribution is 7.89. The fourth-order valence-electron chi connectivity index (χ4n) is 3.99. The lowest BCUT2D eigenvalue weighted by atomic mass is 10.1. The van der Waals surface area contributed by atoms with Crippen molar-refractivity contribution >= 4 is 27.5 Å². The first-order valence-corrected chi connectivity index (χ1v) is 12.0. The summed E-state index contributed by atoms with van der Waals surface area (Å²) in [7, 11) is -3.61. The van der Waals surface area contributed by atoms with Crippen LogP contribution < -0.4 is 10.2 Å². The summed E-state index contributed by atoms with van der Waals surface area (Å²) in [5.41, 5.74) is 2.40. The molecular weight excluding hydrogens is 414 g/mol. The van der Waals surface area contributed by atoms with Gasteiger partial charge >= 0.3 is 0 Å². The molecule has 1 heterocycles. The molecular formula is C23H29N3O4S. The predicted octanol–water partition coefficient (Wildman–Crippen LogP) is 2.35. The Kier molecular flexibility index (Phi) is 7.12. The van der Waals surface area contributed by atoms with Crippen molar-refractivity contribution in [2.24, 2.45) is 0 Å².